The Morgan fingerprint density at radius 1 is 1.21 bits per heavy atom. The Labute approximate surface area is 193 Å². The monoisotopic (exact) mass is 478 g/mol. The van der Waals surface area contributed by atoms with E-state index in [2.05, 4.69) is 20.1 Å². The van der Waals surface area contributed by atoms with Crippen molar-refractivity contribution in [1.82, 2.24) is 29.3 Å². The fraction of sp³-hybridized carbons (Fsp3) is 0.429. The fourth-order valence-electron chi connectivity index (χ4n) is 3.09. The maximum Gasteiger partial charge on any atom is 0.352 e. The van der Waals surface area contributed by atoms with E-state index in [0.29, 0.717) is 4.68 Å². The van der Waals surface area contributed by atoms with Crippen LogP contribution in [0.1, 0.15) is 49.6 Å². The molecule has 0 fully saturated rings. The molecule has 0 aliphatic carbocycles. The summed E-state index contributed by atoms with van der Waals surface area (Å²) in [5.41, 5.74) is -1.23. The number of aromatic nitrogens is 6. The van der Waals surface area contributed by atoms with Crippen LogP contribution in [0.5, 0.6) is 11.9 Å². The van der Waals surface area contributed by atoms with Gasteiger partial charge in [-0.2, -0.15) is 14.6 Å². The van der Waals surface area contributed by atoms with Gasteiger partial charge < -0.3 is 14.6 Å². The second-order valence-corrected chi connectivity index (χ2v) is 7.31. The van der Waals surface area contributed by atoms with Crippen LogP contribution in [0.4, 0.5) is 8.78 Å². The first-order chi connectivity index (χ1) is 16.2. The van der Waals surface area contributed by atoms with Crippen LogP contribution in [0.2, 0.25) is 0 Å². The van der Waals surface area contributed by atoms with Crippen LogP contribution in [0.3, 0.4) is 0 Å². The Hall–Kier alpha value is -3.74. The number of halogens is 2. The summed E-state index contributed by atoms with van der Waals surface area (Å²) in [5.74, 6) is -3.35. The van der Waals surface area contributed by atoms with Gasteiger partial charge in [0, 0.05) is 6.54 Å². The zero-order valence-electron chi connectivity index (χ0n) is 19.1. The number of nitrogens with zero attached hydrogens (tertiary/aromatic N) is 6. The van der Waals surface area contributed by atoms with Crippen molar-refractivity contribution in [3.05, 3.63) is 51.5 Å². The molecule has 0 atom stereocenters. The van der Waals surface area contributed by atoms with Crippen molar-refractivity contribution in [3.8, 4) is 17.7 Å². The number of rotatable bonds is 10. The summed E-state index contributed by atoms with van der Waals surface area (Å²) in [6, 6.07) is 0.747. The highest BCUT2D eigenvalue weighted by Gasteiger charge is 2.25. The van der Waals surface area contributed by atoms with Crippen molar-refractivity contribution < 1.29 is 28.2 Å². The number of aliphatic hydroxyl groups excluding tert-OH is 1. The third-order valence-electron chi connectivity index (χ3n) is 4.56. The molecular weight excluding hydrogens is 454 g/mol. The summed E-state index contributed by atoms with van der Waals surface area (Å²) in [5, 5.41) is 13.4. The first-order valence-electron chi connectivity index (χ1n) is 10.5. The molecule has 3 heterocycles. The molecule has 1 N–H and O–H groups in total. The first kappa shape index (κ1) is 24.9. The number of Topliss-reactive ketones (excluding diaryl/α,β-unsaturated/α-hetero) is 1. The average molecular weight is 478 g/mol. The largest absolute Gasteiger partial charge is 0.474 e. The highest BCUT2D eigenvalue weighted by atomic mass is 19.1. The molecule has 3 rings (SSSR count). The van der Waals surface area contributed by atoms with Crippen molar-refractivity contribution in [2.24, 2.45) is 0 Å². The molecule has 13 heteroatoms. The van der Waals surface area contributed by atoms with Gasteiger partial charge in [-0.05, 0) is 33.8 Å². The van der Waals surface area contributed by atoms with Crippen LogP contribution < -0.4 is 15.2 Å². The summed E-state index contributed by atoms with van der Waals surface area (Å²) in [6.45, 7) is 6.58. The summed E-state index contributed by atoms with van der Waals surface area (Å²) < 4.78 is 41.8. The van der Waals surface area contributed by atoms with E-state index in [0.717, 1.165) is 16.8 Å². The Morgan fingerprint density at radius 3 is 2.53 bits per heavy atom. The topological polar surface area (TPSA) is 134 Å². The normalized spacial score (nSPS) is 11.2. The SMILES string of the molecule is CCOc1ncc(F)c(CC(=O)c2cc(F)c(-n3nc(CO)n(CC)c3=O)nc2OC(C)C)n1. The van der Waals surface area contributed by atoms with Crippen molar-refractivity contribution in [2.45, 2.75) is 53.4 Å². The average Bonchev–Trinajstić information content (AvgIpc) is 3.11. The van der Waals surface area contributed by atoms with Gasteiger partial charge in [0.2, 0.25) is 5.88 Å². The number of carbonyl (C=O) groups excluding carboxylic acids is 1. The summed E-state index contributed by atoms with van der Waals surface area (Å²) >= 11 is 0. The molecule has 0 spiro atoms. The summed E-state index contributed by atoms with van der Waals surface area (Å²) in [6.07, 6.45) is -0.123. The molecule has 0 bridgehead atoms. The number of carbonyl (C=O) groups is 1. The summed E-state index contributed by atoms with van der Waals surface area (Å²) in [4.78, 5) is 37.2. The van der Waals surface area contributed by atoms with Gasteiger partial charge in [0.05, 0.1) is 36.6 Å². The standard InChI is InChI=1S/C21H24F2N6O5/c1-5-28-17(10-30)27-29(21(28)32)18-13(22)7-12(19(26-18)34-11(3)4)16(31)8-15-14(23)9-24-20(25-15)33-6-2/h7,9,11,30H,5-6,8,10H2,1-4H3. The van der Waals surface area contributed by atoms with Crippen LogP contribution in [-0.2, 0) is 19.6 Å². The molecule has 0 aromatic carbocycles. The number of ether oxygens (including phenoxy) is 2. The van der Waals surface area contributed by atoms with E-state index in [1.165, 1.54) is 0 Å². The lowest BCUT2D eigenvalue weighted by atomic mass is 10.1. The van der Waals surface area contributed by atoms with Crippen molar-refractivity contribution in [2.75, 3.05) is 6.61 Å². The molecule has 34 heavy (non-hydrogen) atoms. The first-order valence-corrected chi connectivity index (χ1v) is 10.5. The van der Waals surface area contributed by atoms with Gasteiger partial charge in [0.25, 0.3) is 0 Å². The quantitative estimate of drug-likeness (QED) is 0.431. The van der Waals surface area contributed by atoms with Crippen LogP contribution in [0.25, 0.3) is 5.82 Å². The molecule has 0 aliphatic rings. The van der Waals surface area contributed by atoms with E-state index in [4.69, 9.17) is 9.47 Å². The second kappa shape index (κ2) is 10.5. The minimum Gasteiger partial charge on any atom is -0.474 e. The van der Waals surface area contributed by atoms with Crippen molar-refractivity contribution in [1.29, 1.82) is 0 Å². The third kappa shape index (κ3) is 5.09. The zero-order chi connectivity index (χ0) is 25.0. The van der Waals surface area contributed by atoms with Gasteiger partial charge in [-0.3, -0.25) is 9.36 Å². The number of hydrogen-bond acceptors (Lipinski definition) is 9. The Bertz CT molecular complexity index is 1260. The molecular formula is C21H24F2N6O5. The summed E-state index contributed by atoms with van der Waals surface area (Å²) in [7, 11) is 0. The predicted molar refractivity (Wildman–Crippen MR) is 114 cm³/mol. The minimum absolute atomic E-state index is 0.0181. The number of hydrogen-bond donors (Lipinski definition) is 1. The fourth-order valence-corrected chi connectivity index (χ4v) is 3.09. The molecule has 0 amide bonds. The van der Waals surface area contributed by atoms with E-state index in [9.17, 15) is 19.1 Å². The lowest BCUT2D eigenvalue weighted by molar-refractivity contribution is 0.0982. The maximum atomic E-state index is 15.1. The van der Waals surface area contributed by atoms with Gasteiger partial charge in [-0.25, -0.2) is 18.6 Å². The van der Waals surface area contributed by atoms with E-state index < -0.39 is 48.1 Å². The van der Waals surface area contributed by atoms with Crippen molar-refractivity contribution in [3.63, 3.8) is 0 Å². The highest BCUT2D eigenvalue weighted by molar-refractivity contribution is 5.99. The van der Waals surface area contributed by atoms with E-state index in [1.54, 1.807) is 27.7 Å². The number of ketones is 1. The van der Waals surface area contributed by atoms with Crippen LogP contribution in [0.15, 0.2) is 17.1 Å². The molecule has 182 valence electrons. The third-order valence-corrected chi connectivity index (χ3v) is 4.56. The predicted octanol–water partition coefficient (Wildman–Crippen LogP) is 1.62. The van der Waals surface area contributed by atoms with Gasteiger partial charge in [0.15, 0.2) is 29.1 Å². The van der Waals surface area contributed by atoms with Gasteiger partial charge in [0.1, 0.15) is 6.61 Å². The molecule has 3 aromatic rings. The molecule has 0 radical (unpaired) electrons. The van der Waals surface area contributed by atoms with Gasteiger partial charge >= 0.3 is 11.7 Å². The Balaban J connectivity index is 2.07. The maximum absolute atomic E-state index is 15.1. The lowest BCUT2D eigenvalue weighted by Gasteiger charge is -2.14. The number of aliphatic hydroxyl groups is 1. The van der Waals surface area contributed by atoms with Gasteiger partial charge in [-0.1, -0.05) is 0 Å². The molecule has 0 aliphatic heterocycles. The zero-order valence-corrected chi connectivity index (χ0v) is 19.1. The number of pyridine rings is 1. The van der Waals surface area contributed by atoms with Crippen LogP contribution in [0, 0.1) is 11.6 Å². The van der Waals surface area contributed by atoms with E-state index >= 15 is 4.39 Å². The van der Waals surface area contributed by atoms with E-state index in [1.807, 2.05) is 0 Å². The van der Waals surface area contributed by atoms with Crippen LogP contribution >= 0.6 is 0 Å². The van der Waals surface area contributed by atoms with Gasteiger partial charge in [-0.15, -0.1) is 5.10 Å². The van der Waals surface area contributed by atoms with Crippen LogP contribution in [-0.4, -0.2) is 52.9 Å². The smallest absolute Gasteiger partial charge is 0.352 e. The molecule has 11 nitrogen and oxygen atoms in total. The highest BCUT2D eigenvalue weighted by Crippen LogP contribution is 2.24. The Kier molecular flexibility index (Phi) is 7.66. The Morgan fingerprint density at radius 2 is 1.94 bits per heavy atom. The molecule has 0 saturated heterocycles. The minimum atomic E-state index is -1.04. The van der Waals surface area contributed by atoms with Crippen molar-refractivity contribution >= 4 is 5.78 Å². The lowest BCUT2D eigenvalue weighted by Crippen LogP contribution is -2.26. The molecule has 0 saturated carbocycles. The second-order valence-electron chi connectivity index (χ2n) is 7.31. The molecule has 3 aromatic heterocycles. The van der Waals surface area contributed by atoms with E-state index in [-0.39, 0.29) is 42.1 Å². The molecule has 0 unspecified atom stereocenters.